The van der Waals surface area contributed by atoms with E-state index < -0.39 is 5.97 Å². The molecule has 0 amide bonds. The Kier molecular flexibility index (Phi) is 3.05. The van der Waals surface area contributed by atoms with E-state index in [1.807, 2.05) is 11.5 Å². The van der Waals surface area contributed by atoms with E-state index in [1.165, 1.54) is 0 Å². The Hall–Kier alpha value is -1.62. The van der Waals surface area contributed by atoms with E-state index in [9.17, 15) is 4.79 Å². The normalized spacial score (nSPS) is 19.9. The number of hydrogen-bond donors (Lipinski definition) is 1. The summed E-state index contributed by atoms with van der Waals surface area (Å²) in [4.78, 5) is 14.6. The van der Waals surface area contributed by atoms with Crippen molar-refractivity contribution in [2.45, 2.75) is 26.0 Å². The van der Waals surface area contributed by atoms with E-state index in [2.05, 4.69) is 4.98 Å². The molecule has 0 saturated carbocycles. The first kappa shape index (κ1) is 10.9. The lowest BCUT2D eigenvalue weighted by Crippen LogP contribution is -2.31. The highest BCUT2D eigenvalue weighted by atomic mass is 16.5. The lowest BCUT2D eigenvalue weighted by atomic mass is 10.2. The highest BCUT2D eigenvalue weighted by molar-refractivity contribution is 5.84. The first-order chi connectivity index (χ1) is 7.66. The summed E-state index contributed by atoms with van der Waals surface area (Å²) in [6, 6.07) is 0. The van der Waals surface area contributed by atoms with Crippen molar-refractivity contribution in [2.75, 3.05) is 6.61 Å². The van der Waals surface area contributed by atoms with Crippen LogP contribution in [0.25, 0.3) is 6.08 Å². The molecule has 2 rings (SSSR count). The molecule has 0 radical (unpaired) electrons. The Balaban J connectivity index is 2.14. The molecule has 86 valence electrons. The van der Waals surface area contributed by atoms with E-state index in [0.717, 1.165) is 37.2 Å². The molecule has 0 spiro atoms. The van der Waals surface area contributed by atoms with E-state index in [4.69, 9.17) is 9.84 Å². The molecule has 1 saturated heterocycles. The van der Waals surface area contributed by atoms with Crippen molar-refractivity contribution in [3.05, 3.63) is 23.8 Å². The van der Waals surface area contributed by atoms with Gasteiger partial charge in [0.2, 0.25) is 0 Å². The summed E-state index contributed by atoms with van der Waals surface area (Å²) in [5.41, 5.74) is 0.801. The zero-order chi connectivity index (χ0) is 11.5. The van der Waals surface area contributed by atoms with Crippen LogP contribution >= 0.6 is 0 Å². The fraction of sp³-hybridized carbons (Fsp3) is 0.455. The molecule has 1 aromatic rings. The molecule has 1 fully saturated rings. The second-order valence-corrected chi connectivity index (χ2v) is 3.79. The third kappa shape index (κ3) is 2.30. The predicted molar refractivity (Wildman–Crippen MR) is 58.0 cm³/mol. The number of imidazole rings is 1. The second kappa shape index (κ2) is 4.49. The van der Waals surface area contributed by atoms with Crippen molar-refractivity contribution in [3.63, 3.8) is 0 Å². The highest BCUT2D eigenvalue weighted by Crippen LogP contribution is 2.16. The minimum Gasteiger partial charge on any atom is -0.478 e. The van der Waals surface area contributed by atoms with Crippen LogP contribution in [0.1, 0.15) is 17.9 Å². The molecular formula is C11H14N2O3. The number of carboxylic acids is 1. The van der Waals surface area contributed by atoms with Gasteiger partial charge in [-0.25, -0.2) is 9.78 Å². The first-order valence-electron chi connectivity index (χ1n) is 5.21. The number of rotatable bonds is 4. The van der Waals surface area contributed by atoms with Crippen LogP contribution in [0.2, 0.25) is 0 Å². The van der Waals surface area contributed by atoms with Gasteiger partial charge in [-0.1, -0.05) is 0 Å². The third-order valence-electron chi connectivity index (χ3n) is 2.66. The Morgan fingerprint density at radius 2 is 2.56 bits per heavy atom. The lowest BCUT2D eigenvalue weighted by molar-refractivity contribution is -0.131. The third-order valence-corrected chi connectivity index (χ3v) is 2.66. The van der Waals surface area contributed by atoms with Crippen molar-refractivity contribution in [3.8, 4) is 0 Å². The van der Waals surface area contributed by atoms with Gasteiger partial charge in [-0.05, 0) is 19.4 Å². The largest absolute Gasteiger partial charge is 0.478 e. The smallest absolute Gasteiger partial charge is 0.328 e. The molecule has 0 bridgehead atoms. The zero-order valence-electron chi connectivity index (χ0n) is 9.09. The summed E-state index contributed by atoms with van der Waals surface area (Å²) in [5, 5.41) is 8.57. The van der Waals surface area contributed by atoms with Crippen molar-refractivity contribution in [2.24, 2.45) is 0 Å². The minimum absolute atomic E-state index is 0.241. The number of ether oxygens (including phenoxy) is 1. The molecule has 1 atom stereocenters. The van der Waals surface area contributed by atoms with Crippen LogP contribution in [0.5, 0.6) is 0 Å². The second-order valence-electron chi connectivity index (χ2n) is 3.79. The van der Waals surface area contributed by atoms with E-state index in [-0.39, 0.29) is 6.10 Å². The van der Waals surface area contributed by atoms with E-state index in [0.29, 0.717) is 0 Å². The monoisotopic (exact) mass is 222 g/mol. The standard InChI is InChI=1S/C11H14N2O3/c1-8-12-6-9(2-3-11(14)15)13(8)7-10-4-5-16-10/h2-3,6,10H,4-5,7H2,1H3,(H,14,15)/b3-2+. The summed E-state index contributed by atoms with van der Waals surface area (Å²) in [6.07, 6.45) is 5.65. The Morgan fingerprint density at radius 1 is 1.81 bits per heavy atom. The van der Waals surface area contributed by atoms with E-state index in [1.54, 1.807) is 12.3 Å². The van der Waals surface area contributed by atoms with Crippen LogP contribution in [-0.4, -0.2) is 33.3 Å². The molecule has 1 aliphatic rings. The van der Waals surface area contributed by atoms with Crippen molar-refractivity contribution >= 4 is 12.0 Å². The van der Waals surface area contributed by atoms with Crippen LogP contribution in [0.3, 0.4) is 0 Å². The Morgan fingerprint density at radius 3 is 3.12 bits per heavy atom. The molecule has 0 aliphatic carbocycles. The summed E-state index contributed by atoms with van der Waals surface area (Å²) in [7, 11) is 0. The molecular weight excluding hydrogens is 208 g/mol. The maximum Gasteiger partial charge on any atom is 0.328 e. The van der Waals surface area contributed by atoms with Crippen LogP contribution in [-0.2, 0) is 16.1 Å². The van der Waals surface area contributed by atoms with Crippen LogP contribution in [0.4, 0.5) is 0 Å². The summed E-state index contributed by atoms with van der Waals surface area (Å²) in [5.74, 6) is -0.0779. The van der Waals surface area contributed by atoms with Crippen molar-refractivity contribution in [1.82, 2.24) is 9.55 Å². The maximum atomic E-state index is 10.4. The number of hydrogen-bond acceptors (Lipinski definition) is 3. The highest BCUT2D eigenvalue weighted by Gasteiger charge is 2.20. The van der Waals surface area contributed by atoms with Crippen LogP contribution in [0, 0.1) is 6.92 Å². The van der Waals surface area contributed by atoms with Crippen LogP contribution in [0.15, 0.2) is 12.3 Å². The maximum absolute atomic E-state index is 10.4. The Labute approximate surface area is 93.4 Å². The van der Waals surface area contributed by atoms with Gasteiger partial charge >= 0.3 is 5.97 Å². The predicted octanol–water partition coefficient (Wildman–Crippen LogP) is 1.08. The quantitative estimate of drug-likeness (QED) is 0.774. The molecule has 2 heterocycles. The van der Waals surface area contributed by atoms with Gasteiger partial charge in [0.25, 0.3) is 0 Å². The van der Waals surface area contributed by atoms with Crippen molar-refractivity contribution < 1.29 is 14.6 Å². The zero-order valence-corrected chi connectivity index (χ0v) is 9.09. The number of aromatic nitrogens is 2. The molecule has 1 aromatic heterocycles. The molecule has 1 N–H and O–H groups in total. The fourth-order valence-electron chi connectivity index (χ4n) is 1.65. The van der Waals surface area contributed by atoms with Crippen LogP contribution < -0.4 is 0 Å². The lowest BCUT2D eigenvalue weighted by Gasteiger charge is -2.27. The topological polar surface area (TPSA) is 64.3 Å². The molecule has 5 nitrogen and oxygen atoms in total. The fourth-order valence-corrected chi connectivity index (χ4v) is 1.65. The van der Waals surface area contributed by atoms with E-state index >= 15 is 0 Å². The van der Waals surface area contributed by atoms with Gasteiger partial charge in [0.1, 0.15) is 5.82 Å². The molecule has 1 aliphatic heterocycles. The van der Waals surface area contributed by atoms with Crippen molar-refractivity contribution in [1.29, 1.82) is 0 Å². The summed E-state index contributed by atoms with van der Waals surface area (Å²) >= 11 is 0. The van der Waals surface area contributed by atoms with Gasteiger partial charge in [-0.2, -0.15) is 0 Å². The Bertz CT molecular complexity index is 419. The van der Waals surface area contributed by atoms with Gasteiger partial charge in [0.15, 0.2) is 0 Å². The molecule has 1 unspecified atom stereocenters. The summed E-state index contributed by atoms with van der Waals surface area (Å²) in [6.45, 7) is 3.46. The average molecular weight is 222 g/mol. The first-order valence-corrected chi connectivity index (χ1v) is 5.21. The summed E-state index contributed by atoms with van der Waals surface area (Å²) < 4.78 is 7.33. The number of carbonyl (C=O) groups is 1. The molecule has 0 aromatic carbocycles. The van der Waals surface area contributed by atoms with Gasteiger partial charge in [-0.15, -0.1) is 0 Å². The van der Waals surface area contributed by atoms with Gasteiger partial charge in [-0.3, -0.25) is 0 Å². The van der Waals surface area contributed by atoms with Gasteiger partial charge in [0, 0.05) is 12.7 Å². The molecule has 5 heteroatoms. The van der Waals surface area contributed by atoms with Gasteiger partial charge in [0.05, 0.1) is 24.5 Å². The number of nitrogens with zero attached hydrogens (tertiary/aromatic N) is 2. The van der Waals surface area contributed by atoms with Gasteiger partial charge < -0.3 is 14.4 Å². The number of aryl methyl sites for hydroxylation is 1. The minimum atomic E-state index is -0.953. The average Bonchev–Trinajstić information content (AvgIpc) is 2.50. The number of aliphatic carboxylic acids is 1. The molecule has 16 heavy (non-hydrogen) atoms. The number of carboxylic acid groups (broad SMARTS) is 1. The SMILES string of the molecule is Cc1ncc(/C=C/C(=O)O)n1CC1CCO1.